The molecule has 2 aromatic rings. The van der Waals surface area contributed by atoms with Gasteiger partial charge in [0.2, 0.25) is 0 Å². The molecule has 2 rings (SSSR count). The zero-order chi connectivity index (χ0) is 13.8. The first-order valence-electron chi connectivity index (χ1n) is 5.91. The van der Waals surface area contributed by atoms with Crippen LogP contribution in [0.5, 0.6) is 0 Å². The lowest BCUT2D eigenvalue weighted by molar-refractivity contribution is -0.133. The van der Waals surface area contributed by atoms with Crippen molar-refractivity contribution in [2.24, 2.45) is 0 Å². The van der Waals surface area contributed by atoms with E-state index in [0.717, 1.165) is 22.3 Å². The van der Waals surface area contributed by atoms with Gasteiger partial charge in [-0.1, -0.05) is 18.7 Å². The summed E-state index contributed by atoms with van der Waals surface area (Å²) < 4.78 is 2.03. The van der Waals surface area contributed by atoms with E-state index in [0.29, 0.717) is 0 Å². The molecule has 0 saturated heterocycles. The van der Waals surface area contributed by atoms with Crippen molar-refractivity contribution in [3.05, 3.63) is 28.5 Å². The molecule has 0 spiro atoms. The minimum atomic E-state index is -0.834. The molecule has 0 amide bonds. The zero-order valence-electron chi connectivity index (χ0n) is 10.7. The highest BCUT2D eigenvalue weighted by Crippen LogP contribution is 2.29. The van der Waals surface area contributed by atoms with Crippen LogP contribution in [-0.2, 0) is 4.79 Å². The van der Waals surface area contributed by atoms with Crippen LogP contribution in [0.2, 0.25) is 0 Å². The SMILES string of the molecule is CCC(c1nccs1)n1cc(C)nc1SCC(=O)O. The first kappa shape index (κ1) is 14.1. The van der Waals surface area contributed by atoms with Crippen LogP contribution in [0.1, 0.15) is 30.1 Å². The first-order chi connectivity index (χ1) is 9.11. The zero-order valence-corrected chi connectivity index (χ0v) is 12.4. The van der Waals surface area contributed by atoms with E-state index in [1.165, 1.54) is 11.8 Å². The minimum absolute atomic E-state index is 0.0186. The van der Waals surface area contributed by atoms with Gasteiger partial charge in [0.25, 0.3) is 0 Å². The second kappa shape index (κ2) is 6.21. The Morgan fingerprint density at radius 3 is 3.00 bits per heavy atom. The molecule has 0 aliphatic heterocycles. The molecular weight excluding hydrogens is 282 g/mol. The molecule has 0 aromatic carbocycles. The predicted octanol–water partition coefficient (Wildman–Crippen LogP) is 2.82. The number of thioether (sulfide) groups is 1. The number of rotatable bonds is 6. The molecule has 1 unspecified atom stereocenters. The van der Waals surface area contributed by atoms with E-state index in [1.54, 1.807) is 17.5 Å². The maximum absolute atomic E-state index is 10.7. The van der Waals surface area contributed by atoms with E-state index in [2.05, 4.69) is 16.9 Å². The van der Waals surface area contributed by atoms with Crippen molar-refractivity contribution in [3.63, 3.8) is 0 Å². The Labute approximate surface area is 119 Å². The van der Waals surface area contributed by atoms with Gasteiger partial charge in [-0.05, 0) is 13.3 Å². The lowest BCUT2D eigenvalue weighted by Crippen LogP contribution is -2.10. The number of carbonyl (C=O) groups is 1. The molecule has 5 nitrogen and oxygen atoms in total. The Morgan fingerprint density at radius 2 is 2.42 bits per heavy atom. The molecule has 0 aliphatic carbocycles. The number of aliphatic carboxylic acids is 1. The van der Waals surface area contributed by atoms with Crippen LogP contribution in [0.25, 0.3) is 0 Å². The van der Waals surface area contributed by atoms with Gasteiger partial charge in [-0.2, -0.15) is 0 Å². The Morgan fingerprint density at radius 1 is 1.63 bits per heavy atom. The maximum atomic E-state index is 10.7. The Balaban J connectivity index is 2.29. The third kappa shape index (κ3) is 3.36. The quantitative estimate of drug-likeness (QED) is 0.830. The Hall–Kier alpha value is -1.34. The van der Waals surface area contributed by atoms with Crippen molar-refractivity contribution in [2.45, 2.75) is 31.5 Å². The summed E-state index contributed by atoms with van der Waals surface area (Å²) >= 11 is 2.85. The fourth-order valence-corrected chi connectivity index (χ4v) is 3.45. The molecule has 0 radical (unpaired) electrons. The number of carboxylic acids is 1. The average Bonchev–Trinajstić information content (AvgIpc) is 2.98. The van der Waals surface area contributed by atoms with E-state index in [1.807, 2.05) is 23.1 Å². The Kier molecular flexibility index (Phi) is 4.60. The van der Waals surface area contributed by atoms with Crippen molar-refractivity contribution in [1.82, 2.24) is 14.5 Å². The molecule has 0 aliphatic rings. The molecule has 2 aromatic heterocycles. The molecular formula is C12H15N3O2S2. The third-order valence-electron chi connectivity index (χ3n) is 2.60. The van der Waals surface area contributed by atoms with Crippen molar-refractivity contribution in [2.75, 3.05) is 5.75 Å². The summed E-state index contributed by atoms with van der Waals surface area (Å²) in [5.74, 6) is -0.815. The Bertz CT molecular complexity index is 551. The fourth-order valence-electron chi connectivity index (χ4n) is 1.84. The van der Waals surface area contributed by atoms with Crippen LogP contribution < -0.4 is 0 Å². The van der Waals surface area contributed by atoms with Gasteiger partial charge in [-0.3, -0.25) is 4.79 Å². The minimum Gasteiger partial charge on any atom is -0.481 e. The van der Waals surface area contributed by atoms with E-state index in [9.17, 15) is 4.79 Å². The summed E-state index contributed by atoms with van der Waals surface area (Å²) in [6.45, 7) is 4.00. The van der Waals surface area contributed by atoms with Crippen LogP contribution in [0.4, 0.5) is 0 Å². The van der Waals surface area contributed by atoms with Crippen molar-refractivity contribution in [1.29, 1.82) is 0 Å². The number of hydrogen-bond donors (Lipinski definition) is 1. The van der Waals surface area contributed by atoms with Crippen LogP contribution in [-0.4, -0.2) is 31.4 Å². The van der Waals surface area contributed by atoms with Crippen molar-refractivity contribution in [3.8, 4) is 0 Å². The predicted molar refractivity (Wildman–Crippen MR) is 75.9 cm³/mol. The molecule has 7 heteroatoms. The third-order valence-corrected chi connectivity index (χ3v) is 4.43. The van der Waals surface area contributed by atoms with E-state index in [-0.39, 0.29) is 11.8 Å². The maximum Gasteiger partial charge on any atom is 0.313 e. The van der Waals surface area contributed by atoms with Crippen molar-refractivity contribution >= 4 is 29.1 Å². The second-order valence-electron chi connectivity index (χ2n) is 4.05. The van der Waals surface area contributed by atoms with E-state index >= 15 is 0 Å². The van der Waals surface area contributed by atoms with Crippen LogP contribution in [0.3, 0.4) is 0 Å². The monoisotopic (exact) mass is 297 g/mol. The lowest BCUT2D eigenvalue weighted by Gasteiger charge is -2.16. The van der Waals surface area contributed by atoms with Crippen LogP contribution in [0, 0.1) is 6.92 Å². The normalized spacial score (nSPS) is 12.5. The lowest BCUT2D eigenvalue weighted by atomic mass is 10.2. The van der Waals surface area contributed by atoms with E-state index < -0.39 is 5.97 Å². The summed E-state index contributed by atoms with van der Waals surface area (Å²) in [6.07, 6.45) is 4.64. The average molecular weight is 297 g/mol. The number of thiazole rings is 1. The highest BCUT2D eigenvalue weighted by molar-refractivity contribution is 7.99. The molecule has 19 heavy (non-hydrogen) atoms. The van der Waals surface area contributed by atoms with Crippen LogP contribution >= 0.6 is 23.1 Å². The standard InChI is InChI=1S/C12H15N3O2S2/c1-3-9(11-13-4-5-18-11)15-6-8(2)14-12(15)19-7-10(16)17/h4-6,9H,3,7H2,1-2H3,(H,16,17). The number of imidazole rings is 1. The molecule has 102 valence electrons. The second-order valence-corrected chi connectivity index (χ2v) is 5.92. The van der Waals surface area contributed by atoms with Gasteiger partial charge in [0.1, 0.15) is 5.01 Å². The van der Waals surface area contributed by atoms with Gasteiger partial charge in [0, 0.05) is 17.8 Å². The molecule has 0 bridgehead atoms. The topological polar surface area (TPSA) is 68.0 Å². The van der Waals surface area contributed by atoms with Gasteiger partial charge >= 0.3 is 5.97 Å². The number of aryl methyl sites for hydroxylation is 1. The van der Waals surface area contributed by atoms with E-state index in [4.69, 9.17) is 5.11 Å². The van der Waals surface area contributed by atoms with Gasteiger partial charge in [0.05, 0.1) is 17.5 Å². The van der Waals surface area contributed by atoms with Gasteiger partial charge in [-0.15, -0.1) is 11.3 Å². The summed E-state index contributed by atoms with van der Waals surface area (Å²) in [4.78, 5) is 19.4. The summed E-state index contributed by atoms with van der Waals surface area (Å²) in [7, 11) is 0. The van der Waals surface area contributed by atoms with Gasteiger partial charge < -0.3 is 9.67 Å². The summed E-state index contributed by atoms with van der Waals surface area (Å²) in [6, 6.07) is 0.123. The summed E-state index contributed by atoms with van der Waals surface area (Å²) in [5, 5.41) is 12.5. The smallest absolute Gasteiger partial charge is 0.313 e. The highest BCUT2D eigenvalue weighted by Gasteiger charge is 2.19. The number of carboxylic acid groups (broad SMARTS) is 1. The number of nitrogens with zero attached hydrogens (tertiary/aromatic N) is 3. The largest absolute Gasteiger partial charge is 0.481 e. The summed E-state index contributed by atoms with van der Waals surface area (Å²) in [5.41, 5.74) is 0.892. The van der Waals surface area contributed by atoms with Crippen molar-refractivity contribution < 1.29 is 9.90 Å². The molecule has 2 heterocycles. The molecule has 1 N–H and O–H groups in total. The van der Waals surface area contributed by atoms with Crippen LogP contribution in [0.15, 0.2) is 22.9 Å². The number of aromatic nitrogens is 3. The van der Waals surface area contributed by atoms with Gasteiger partial charge in [0.15, 0.2) is 5.16 Å². The molecule has 1 atom stereocenters. The molecule has 0 fully saturated rings. The fraction of sp³-hybridized carbons (Fsp3) is 0.417. The first-order valence-corrected chi connectivity index (χ1v) is 7.77. The molecule has 0 saturated carbocycles. The highest BCUT2D eigenvalue weighted by atomic mass is 32.2. The van der Waals surface area contributed by atoms with Gasteiger partial charge in [-0.25, -0.2) is 9.97 Å². The number of hydrogen-bond acceptors (Lipinski definition) is 5.